The van der Waals surface area contributed by atoms with Crippen molar-refractivity contribution in [3.8, 4) is 0 Å². The molecule has 2 aliphatic carbocycles. The second-order valence-electron chi connectivity index (χ2n) is 9.88. The van der Waals surface area contributed by atoms with Gasteiger partial charge in [0.15, 0.2) is 0 Å². The predicted octanol–water partition coefficient (Wildman–Crippen LogP) is 5.41. The third-order valence-corrected chi connectivity index (χ3v) is 7.76. The minimum atomic E-state index is -6.14. The molecule has 3 aliphatic rings. The number of alkyl halides is 7. The number of likely N-dealkylation sites (tertiary alicyclic amines) is 1. The van der Waals surface area contributed by atoms with E-state index in [9.17, 15) is 40.6 Å². The molecule has 0 spiro atoms. The molecule has 184 valence electrons. The Morgan fingerprint density at radius 3 is 2.18 bits per heavy atom. The number of benzene rings is 1. The Morgan fingerprint density at radius 1 is 1.00 bits per heavy atom. The lowest BCUT2D eigenvalue weighted by molar-refractivity contribution is -0.348. The van der Waals surface area contributed by atoms with Crippen LogP contribution in [0.5, 0.6) is 0 Å². The third-order valence-electron chi connectivity index (χ3n) is 7.76. The molecule has 1 aromatic carbocycles. The fourth-order valence-electron chi connectivity index (χ4n) is 5.81. The van der Waals surface area contributed by atoms with Crippen LogP contribution >= 0.6 is 0 Å². The van der Waals surface area contributed by atoms with Gasteiger partial charge in [0, 0.05) is 24.6 Å². The zero-order chi connectivity index (χ0) is 24.4. The molecule has 1 heterocycles. The summed E-state index contributed by atoms with van der Waals surface area (Å²) in [6.45, 7) is 2.64. The first kappa shape index (κ1) is 24.3. The van der Waals surface area contributed by atoms with Crippen molar-refractivity contribution in [2.75, 3.05) is 13.1 Å². The quantitative estimate of drug-likeness (QED) is 0.575. The van der Waals surface area contributed by atoms with Crippen molar-refractivity contribution in [3.63, 3.8) is 0 Å². The molecule has 1 saturated carbocycles. The molecule has 1 amide bonds. The van der Waals surface area contributed by atoms with E-state index in [1.165, 1.54) is 6.07 Å². The predicted molar refractivity (Wildman–Crippen MR) is 105 cm³/mol. The number of aryl methyl sites for hydroxylation is 1. The van der Waals surface area contributed by atoms with Crippen molar-refractivity contribution in [2.24, 2.45) is 11.8 Å². The minimum absolute atomic E-state index is 0.00464. The minimum Gasteiger partial charge on any atom is -0.390 e. The average Bonchev–Trinajstić information content (AvgIpc) is 3.15. The van der Waals surface area contributed by atoms with E-state index in [-0.39, 0.29) is 35.6 Å². The Labute approximate surface area is 186 Å². The topological polar surface area (TPSA) is 40.5 Å². The van der Waals surface area contributed by atoms with E-state index in [0.29, 0.717) is 62.9 Å². The van der Waals surface area contributed by atoms with Gasteiger partial charge in [0.1, 0.15) is 0 Å². The highest BCUT2D eigenvalue weighted by atomic mass is 19.4. The van der Waals surface area contributed by atoms with Gasteiger partial charge in [0.2, 0.25) is 5.91 Å². The van der Waals surface area contributed by atoms with Crippen LogP contribution in [0, 0.1) is 11.8 Å². The summed E-state index contributed by atoms with van der Waals surface area (Å²) in [5.41, 5.74) is -6.79. The molecule has 2 fully saturated rings. The first-order valence-corrected chi connectivity index (χ1v) is 11.1. The van der Waals surface area contributed by atoms with E-state index >= 15 is 0 Å². The van der Waals surface area contributed by atoms with Crippen LogP contribution < -0.4 is 0 Å². The lowest BCUT2D eigenvalue weighted by atomic mass is 9.73. The molecule has 10 heteroatoms. The summed E-state index contributed by atoms with van der Waals surface area (Å²) < 4.78 is 93.4. The number of hydrogen-bond acceptors (Lipinski definition) is 2. The largest absolute Gasteiger partial charge is 0.435 e. The normalized spacial score (nSPS) is 27.8. The molecule has 0 unspecified atom stereocenters. The zero-order valence-electron chi connectivity index (χ0n) is 18.1. The average molecular weight is 481 g/mol. The Balaban J connectivity index is 1.56. The first-order valence-electron chi connectivity index (χ1n) is 11.1. The summed E-state index contributed by atoms with van der Waals surface area (Å²) in [5.74, 6) is -0.486. The number of carbonyl (C=O) groups is 1. The van der Waals surface area contributed by atoms with Crippen molar-refractivity contribution in [1.29, 1.82) is 0 Å². The van der Waals surface area contributed by atoms with Crippen molar-refractivity contribution in [3.05, 3.63) is 34.9 Å². The Morgan fingerprint density at radius 2 is 1.61 bits per heavy atom. The number of rotatable bonds is 2. The Hall–Kier alpha value is -1.84. The second kappa shape index (κ2) is 7.85. The molecule has 1 aliphatic heterocycles. The van der Waals surface area contributed by atoms with Gasteiger partial charge in [-0.05, 0) is 68.4 Å². The van der Waals surface area contributed by atoms with Gasteiger partial charge < -0.3 is 10.0 Å². The van der Waals surface area contributed by atoms with Crippen LogP contribution in [0.2, 0.25) is 0 Å². The standard InChI is InChI=1S/C23H26F7NO2/c1-20(33)8-10-31(11-9-20)19(32)18-7-6-16-15-5-3-14(12-13(15)2-4-17(16)18)21(24,22(25,26)27)23(28,29)30/h3,5,12,16-18,33H,2,4,6-11H2,1H3/t16-,17+,18-/m0/s1. The highest BCUT2D eigenvalue weighted by molar-refractivity contribution is 5.80. The zero-order valence-corrected chi connectivity index (χ0v) is 18.1. The number of halogens is 7. The number of piperidine rings is 1. The number of carbonyl (C=O) groups excluding carboxylic acids is 1. The van der Waals surface area contributed by atoms with Crippen molar-refractivity contribution in [2.45, 2.75) is 75.0 Å². The van der Waals surface area contributed by atoms with Gasteiger partial charge in [0.25, 0.3) is 0 Å². The summed E-state index contributed by atoms with van der Waals surface area (Å²) >= 11 is 0. The third kappa shape index (κ3) is 4.02. The van der Waals surface area contributed by atoms with E-state index in [0.717, 1.165) is 0 Å². The Kier molecular flexibility index (Phi) is 5.78. The van der Waals surface area contributed by atoms with Gasteiger partial charge in [-0.3, -0.25) is 4.79 Å². The van der Waals surface area contributed by atoms with Gasteiger partial charge >= 0.3 is 18.0 Å². The summed E-state index contributed by atoms with van der Waals surface area (Å²) in [6.07, 6.45) is -9.50. The van der Waals surface area contributed by atoms with E-state index < -0.39 is 29.2 Å². The molecular formula is C23H26F7NO2. The molecule has 1 saturated heterocycles. The number of amides is 1. The van der Waals surface area contributed by atoms with Gasteiger partial charge in [-0.25, -0.2) is 4.39 Å². The maximum absolute atomic E-state index is 14.5. The van der Waals surface area contributed by atoms with Crippen LogP contribution in [-0.4, -0.2) is 47.0 Å². The molecule has 1 N–H and O–H groups in total. The number of aliphatic hydroxyl groups is 1. The summed E-state index contributed by atoms with van der Waals surface area (Å²) in [6, 6.07) is 2.47. The lowest BCUT2D eigenvalue weighted by Crippen LogP contribution is -2.50. The fourth-order valence-corrected chi connectivity index (χ4v) is 5.81. The van der Waals surface area contributed by atoms with Gasteiger partial charge in [0.05, 0.1) is 5.60 Å². The second-order valence-corrected chi connectivity index (χ2v) is 9.88. The fraction of sp³-hybridized carbons (Fsp3) is 0.696. The molecule has 0 bridgehead atoms. The van der Waals surface area contributed by atoms with Gasteiger partial charge in [-0.15, -0.1) is 0 Å². The summed E-state index contributed by atoms with van der Waals surface area (Å²) in [5, 5.41) is 10.1. The van der Waals surface area contributed by atoms with Gasteiger partial charge in [-0.1, -0.05) is 18.2 Å². The van der Waals surface area contributed by atoms with E-state index in [4.69, 9.17) is 0 Å². The Bertz CT molecular complexity index is 900. The number of hydrogen-bond donors (Lipinski definition) is 1. The maximum Gasteiger partial charge on any atom is 0.435 e. The van der Waals surface area contributed by atoms with Crippen LogP contribution in [0.1, 0.15) is 61.6 Å². The smallest absolute Gasteiger partial charge is 0.390 e. The van der Waals surface area contributed by atoms with E-state index in [1.54, 1.807) is 11.8 Å². The van der Waals surface area contributed by atoms with Crippen LogP contribution in [0.15, 0.2) is 18.2 Å². The molecule has 4 rings (SSSR count). The van der Waals surface area contributed by atoms with Crippen LogP contribution in [0.4, 0.5) is 30.7 Å². The summed E-state index contributed by atoms with van der Waals surface area (Å²) in [7, 11) is 0. The lowest BCUT2D eigenvalue weighted by Gasteiger charge is -2.39. The highest BCUT2D eigenvalue weighted by Gasteiger charge is 2.73. The van der Waals surface area contributed by atoms with E-state index in [1.807, 2.05) is 0 Å². The van der Waals surface area contributed by atoms with Crippen LogP contribution in [0.3, 0.4) is 0 Å². The SMILES string of the molecule is CC1(O)CCN(C(=O)[C@H]2CC[C@H]3c4ccc(C(F)(C(F)(F)F)C(F)(F)F)cc4CC[C@@H]23)CC1. The molecule has 3 nitrogen and oxygen atoms in total. The van der Waals surface area contributed by atoms with Crippen molar-refractivity contribution < 1.29 is 40.6 Å². The number of nitrogens with zero attached hydrogens (tertiary/aromatic N) is 1. The monoisotopic (exact) mass is 481 g/mol. The van der Waals surface area contributed by atoms with Crippen molar-refractivity contribution in [1.82, 2.24) is 4.90 Å². The first-order chi connectivity index (χ1) is 15.2. The van der Waals surface area contributed by atoms with E-state index in [2.05, 4.69) is 0 Å². The van der Waals surface area contributed by atoms with Crippen molar-refractivity contribution >= 4 is 5.91 Å². The number of fused-ring (bicyclic) bond motifs is 3. The van der Waals surface area contributed by atoms with Crippen LogP contribution in [-0.2, 0) is 16.9 Å². The van der Waals surface area contributed by atoms with Gasteiger partial charge in [-0.2, -0.15) is 26.3 Å². The molecule has 0 radical (unpaired) electrons. The highest BCUT2D eigenvalue weighted by Crippen LogP contribution is 2.55. The maximum atomic E-state index is 14.5. The van der Waals surface area contributed by atoms with Crippen LogP contribution in [0.25, 0.3) is 0 Å². The molecule has 33 heavy (non-hydrogen) atoms. The molecule has 1 aromatic rings. The molecule has 0 aromatic heterocycles. The summed E-state index contributed by atoms with van der Waals surface area (Å²) in [4.78, 5) is 14.9. The molecule has 3 atom stereocenters. The molecular weight excluding hydrogens is 455 g/mol.